The van der Waals surface area contributed by atoms with E-state index in [1.54, 1.807) is 6.20 Å². The third-order valence-corrected chi connectivity index (χ3v) is 3.84. The monoisotopic (exact) mass is 271 g/mol. The molecule has 2 aromatic rings. The highest BCUT2D eigenvalue weighted by molar-refractivity contribution is 6.04. The van der Waals surface area contributed by atoms with E-state index in [1.807, 2.05) is 51.1 Å². The molecule has 0 amide bonds. The van der Waals surface area contributed by atoms with Crippen molar-refractivity contribution in [3.8, 4) is 0 Å². The SMILES string of the molecule is CCOC(CC)(CC)C(=O)c1ccc2ncccc2c1. The Morgan fingerprint density at radius 3 is 2.60 bits per heavy atom. The van der Waals surface area contributed by atoms with E-state index < -0.39 is 5.60 Å². The van der Waals surface area contributed by atoms with Gasteiger partial charge in [-0.1, -0.05) is 19.9 Å². The Hall–Kier alpha value is -1.74. The van der Waals surface area contributed by atoms with Crippen molar-refractivity contribution >= 4 is 16.7 Å². The van der Waals surface area contributed by atoms with Crippen molar-refractivity contribution < 1.29 is 9.53 Å². The molecule has 0 aliphatic rings. The van der Waals surface area contributed by atoms with Gasteiger partial charge < -0.3 is 4.74 Å². The fourth-order valence-corrected chi connectivity index (χ4v) is 2.60. The highest BCUT2D eigenvalue weighted by Gasteiger charge is 2.36. The molecule has 0 aliphatic carbocycles. The van der Waals surface area contributed by atoms with Gasteiger partial charge in [0.25, 0.3) is 0 Å². The molecule has 3 heteroatoms. The van der Waals surface area contributed by atoms with Crippen molar-refractivity contribution in [2.45, 2.75) is 39.2 Å². The van der Waals surface area contributed by atoms with Crippen LogP contribution in [0.5, 0.6) is 0 Å². The lowest BCUT2D eigenvalue weighted by atomic mass is 9.87. The van der Waals surface area contributed by atoms with Crippen LogP contribution >= 0.6 is 0 Å². The predicted molar refractivity (Wildman–Crippen MR) is 81.0 cm³/mol. The third kappa shape index (κ3) is 2.59. The highest BCUT2D eigenvalue weighted by atomic mass is 16.5. The number of hydrogen-bond donors (Lipinski definition) is 0. The Morgan fingerprint density at radius 1 is 1.20 bits per heavy atom. The van der Waals surface area contributed by atoms with Crippen LogP contribution in [0.1, 0.15) is 44.0 Å². The number of benzene rings is 1. The minimum Gasteiger partial charge on any atom is -0.367 e. The quantitative estimate of drug-likeness (QED) is 0.745. The van der Waals surface area contributed by atoms with Gasteiger partial charge in [0.2, 0.25) is 0 Å². The number of Topliss-reactive ketones (excluding diaryl/α,β-unsaturated/α-hetero) is 1. The summed E-state index contributed by atoms with van der Waals surface area (Å²) in [7, 11) is 0. The summed E-state index contributed by atoms with van der Waals surface area (Å²) in [6.45, 7) is 6.47. The average molecular weight is 271 g/mol. The summed E-state index contributed by atoms with van der Waals surface area (Å²) in [5.74, 6) is 0.0649. The van der Waals surface area contributed by atoms with Crippen LogP contribution in [0.25, 0.3) is 10.9 Å². The summed E-state index contributed by atoms with van der Waals surface area (Å²) in [5, 5.41) is 0.982. The van der Waals surface area contributed by atoms with E-state index >= 15 is 0 Å². The first-order valence-electron chi connectivity index (χ1n) is 7.20. The summed E-state index contributed by atoms with van der Waals surface area (Å²) in [4.78, 5) is 17.1. The first kappa shape index (κ1) is 14.7. The van der Waals surface area contributed by atoms with E-state index in [4.69, 9.17) is 4.74 Å². The van der Waals surface area contributed by atoms with Crippen LogP contribution in [0.3, 0.4) is 0 Å². The molecule has 3 nitrogen and oxygen atoms in total. The number of ketones is 1. The van der Waals surface area contributed by atoms with Crippen molar-refractivity contribution in [1.82, 2.24) is 4.98 Å². The summed E-state index contributed by atoms with van der Waals surface area (Å²) in [6, 6.07) is 9.50. The topological polar surface area (TPSA) is 39.2 Å². The fraction of sp³-hybridized carbons (Fsp3) is 0.412. The molecule has 0 atom stereocenters. The van der Waals surface area contributed by atoms with Crippen LogP contribution in [-0.2, 0) is 4.74 Å². The maximum absolute atomic E-state index is 12.8. The van der Waals surface area contributed by atoms with Crippen LogP contribution in [0.2, 0.25) is 0 Å². The smallest absolute Gasteiger partial charge is 0.194 e. The Balaban J connectivity index is 2.43. The summed E-state index contributed by atoms with van der Waals surface area (Å²) >= 11 is 0. The molecule has 0 saturated heterocycles. The molecule has 0 bridgehead atoms. The van der Waals surface area contributed by atoms with Crippen LogP contribution in [0.4, 0.5) is 0 Å². The van der Waals surface area contributed by atoms with E-state index in [-0.39, 0.29) is 5.78 Å². The molecule has 1 aromatic heterocycles. The number of aromatic nitrogens is 1. The molecule has 0 radical (unpaired) electrons. The lowest BCUT2D eigenvalue weighted by molar-refractivity contribution is -0.0250. The summed E-state index contributed by atoms with van der Waals surface area (Å²) in [6.07, 6.45) is 3.12. The zero-order chi connectivity index (χ0) is 14.6. The second kappa shape index (κ2) is 6.14. The Labute approximate surface area is 120 Å². The molecule has 0 spiro atoms. The Kier molecular flexibility index (Phi) is 4.50. The van der Waals surface area contributed by atoms with E-state index in [1.165, 1.54) is 0 Å². The van der Waals surface area contributed by atoms with Crippen LogP contribution < -0.4 is 0 Å². The molecule has 1 heterocycles. The van der Waals surface area contributed by atoms with E-state index in [0.717, 1.165) is 10.9 Å². The largest absolute Gasteiger partial charge is 0.367 e. The van der Waals surface area contributed by atoms with Gasteiger partial charge in [0.1, 0.15) is 5.60 Å². The molecule has 0 aliphatic heterocycles. The van der Waals surface area contributed by atoms with Gasteiger partial charge in [0, 0.05) is 23.8 Å². The number of carbonyl (C=O) groups is 1. The van der Waals surface area contributed by atoms with Gasteiger partial charge in [-0.2, -0.15) is 0 Å². The number of hydrogen-bond acceptors (Lipinski definition) is 3. The van der Waals surface area contributed by atoms with E-state index in [0.29, 0.717) is 25.0 Å². The molecule has 0 fully saturated rings. The molecule has 0 unspecified atom stereocenters. The zero-order valence-electron chi connectivity index (χ0n) is 12.3. The number of fused-ring (bicyclic) bond motifs is 1. The standard InChI is InChI=1S/C17H21NO2/c1-4-17(5-2,20-6-3)16(19)14-9-10-15-13(12-14)8-7-11-18-15/h7-12H,4-6H2,1-3H3. The highest BCUT2D eigenvalue weighted by Crippen LogP contribution is 2.27. The Bertz CT molecular complexity index is 603. The van der Waals surface area contributed by atoms with Crippen molar-refractivity contribution in [3.63, 3.8) is 0 Å². The minimum atomic E-state index is -0.704. The van der Waals surface area contributed by atoms with E-state index in [9.17, 15) is 4.79 Å². The lowest BCUT2D eigenvalue weighted by Gasteiger charge is -2.30. The summed E-state index contributed by atoms with van der Waals surface area (Å²) < 4.78 is 5.79. The summed E-state index contributed by atoms with van der Waals surface area (Å²) in [5.41, 5.74) is 0.895. The molecule has 0 N–H and O–H groups in total. The number of rotatable bonds is 6. The molecular formula is C17H21NO2. The second-order valence-corrected chi connectivity index (χ2v) is 4.87. The molecule has 20 heavy (non-hydrogen) atoms. The molecule has 2 rings (SSSR count). The van der Waals surface area contributed by atoms with Crippen molar-refractivity contribution in [2.75, 3.05) is 6.61 Å². The normalized spacial score (nSPS) is 11.8. The van der Waals surface area contributed by atoms with Gasteiger partial charge in [0.05, 0.1) is 5.52 Å². The molecule has 106 valence electrons. The van der Waals surface area contributed by atoms with Crippen LogP contribution in [0.15, 0.2) is 36.5 Å². The molecule has 1 aromatic carbocycles. The first-order valence-corrected chi connectivity index (χ1v) is 7.20. The minimum absolute atomic E-state index is 0.0649. The molecule has 0 saturated carbocycles. The average Bonchev–Trinajstić information content (AvgIpc) is 2.51. The number of pyridine rings is 1. The Morgan fingerprint density at radius 2 is 1.95 bits per heavy atom. The lowest BCUT2D eigenvalue weighted by Crippen LogP contribution is -2.40. The number of nitrogens with zero attached hydrogens (tertiary/aromatic N) is 1. The van der Waals surface area contributed by atoms with Gasteiger partial charge in [-0.25, -0.2) is 0 Å². The van der Waals surface area contributed by atoms with Crippen LogP contribution in [0, 0.1) is 0 Å². The predicted octanol–water partition coefficient (Wildman–Crippen LogP) is 4.01. The van der Waals surface area contributed by atoms with Gasteiger partial charge in [0.15, 0.2) is 5.78 Å². The second-order valence-electron chi connectivity index (χ2n) is 4.87. The van der Waals surface area contributed by atoms with E-state index in [2.05, 4.69) is 4.98 Å². The maximum Gasteiger partial charge on any atom is 0.194 e. The maximum atomic E-state index is 12.8. The zero-order valence-corrected chi connectivity index (χ0v) is 12.3. The first-order chi connectivity index (χ1) is 9.66. The van der Waals surface area contributed by atoms with Gasteiger partial charge >= 0.3 is 0 Å². The van der Waals surface area contributed by atoms with Crippen molar-refractivity contribution in [3.05, 3.63) is 42.1 Å². The van der Waals surface area contributed by atoms with Crippen LogP contribution in [-0.4, -0.2) is 23.0 Å². The van der Waals surface area contributed by atoms with Gasteiger partial charge in [-0.3, -0.25) is 9.78 Å². The van der Waals surface area contributed by atoms with Gasteiger partial charge in [-0.05, 0) is 44.0 Å². The number of ether oxygens (including phenoxy) is 1. The van der Waals surface area contributed by atoms with Crippen molar-refractivity contribution in [2.24, 2.45) is 0 Å². The number of carbonyl (C=O) groups excluding carboxylic acids is 1. The van der Waals surface area contributed by atoms with Crippen molar-refractivity contribution in [1.29, 1.82) is 0 Å². The fourth-order valence-electron chi connectivity index (χ4n) is 2.60. The third-order valence-electron chi connectivity index (χ3n) is 3.84. The molecular weight excluding hydrogens is 250 g/mol. The van der Waals surface area contributed by atoms with Gasteiger partial charge in [-0.15, -0.1) is 0 Å².